The molecule has 0 aliphatic carbocycles. The number of anilines is 1. The molecule has 0 aliphatic rings. The van der Waals surface area contributed by atoms with Crippen LogP contribution < -0.4 is 10.1 Å². The summed E-state index contributed by atoms with van der Waals surface area (Å²) in [6, 6.07) is 11.4. The minimum Gasteiger partial charge on any atom is -0.495 e. The van der Waals surface area contributed by atoms with Gasteiger partial charge in [-0.15, -0.1) is 0 Å². The lowest BCUT2D eigenvalue weighted by Gasteiger charge is -2.11. The number of hydrogen-bond donors (Lipinski definition) is 1. The van der Waals surface area contributed by atoms with Gasteiger partial charge in [-0.1, -0.05) is 6.07 Å². The fraction of sp³-hybridized carbons (Fsp3) is 0.250. The first-order chi connectivity index (χ1) is 12.0. The first-order valence-corrected chi connectivity index (χ1v) is 8.14. The molecule has 5 nitrogen and oxygen atoms in total. The van der Waals surface area contributed by atoms with Crippen LogP contribution in [0.15, 0.2) is 47.1 Å². The Bertz CT molecular complexity index is 892. The van der Waals surface area contributed by atoms with Crippen molar-refractivity contribution in [2.45, 2.75) is 27.3 Å². The van der Waals surface area contributed by atoms with E-state index in [0.29, 0.717) is 23.5 Å². The Morgan fingerprint density at radius 2 is 2.00 bits per heavy atom. The molecule has 1 amide bonds. The van der Waals surface area contributed by atoms with E-state index in [1.54, 1.807) is 13.4 Å². The number of carbonyl (C=O) groups is 1. The highest BCUT2D eigenvalue weighted by molar-refractivity contribution is 6.06. The number of aromatic nitrogens is 1. The molecule has 0 saturated carbocycles. The van der Waals surface area contributed by atoms with Crippen molar-refractivity contribution in [2.75, 3.05) is 12.4 Å². The van der Waals surface area contributed by atoms with Crippen LogP contribution in [0.4, 0.5) is 5.69 Å². The Balaban J connectivity index is 1.87. The average Bonchev–Trinajstić information content (AvgIpc) is 3.19. The molecule has 130 valence electrons. The number of carbonyl (C=O) groups excluding carboxylic acids is 1. The van der Waals surface area contributed by atoms with Gasteiger partial charge in [0.2, 0.25) is 0 Å². The molecular formula is C20H22N2O3. The average molecular weight is 338 g/mol. The largest absolute Gasteiger partial charge is 0.495 e. The summed E-state index contributed by atoms with van der Waals surface area (Å²) in [4.78, 5) is 12.8. The van der Waals surface area contributed by atoms with Gasteiger partial charge in [-0.3, -0.25) is 4.79 Å². The maximum atomic E-state index is 12.8. The van der Waals surface area contributed by atoms with E-state index in [0.717, 1.165) is 22.7 Å². The zero-order chi connectivity index (χ0) is 18.0. The summed E-state index contributed by atoms with van der Waals surface area (Å²) in [6.45, 7) is 6.51. The highest BCUT2D eigenvalue weighted by Gasteiger charge is 2.18. The lowest BCUT2D eigenvalue weighted by Crippen LogP contribution is -2.14. The first kappa shape index (κ1) is 16.9. The van der Waals surface area contributed by atoms with Crippen molar-refractivity contribution in [3.63, 3.8) is 0 Å². The van der Waals surface area contributed by atoms with Gasteiger partial charge >= 0.3 is 0 Å². The van der Waals surface area contributed by atoms with Gasteiger partial charge in [0.15, 0.2) is 0 Å². The van der Waals surface area contributed by atoms with Crippen LogP contribution in [0.2, 0.25) is 0 Å². The van der Waals surface area contributed by atoms with Crippen molar-refractivity contribution in [2.24, 2.45) is 0 Å². The third kappa shape index (κ3) is 3.45. The molecule has 0 radical (unpaired) electrons. The Kier molecular flexibility index (Phi) is 4.65. The van der Waals surface area contributed by atoms with Gasteiger partial charge in [0.1, 0.15) is 11.5 Å². The number of aryl methyl sites for hydroxylation is 2. The van der Waals surface area contributed by atoms with E-state index in [1.807, 2.05) is 57.2 Å². The molecule has 0 unspecified atom stereocenters. The molecule has 3 aromatic rings. The quantitative estimate of drug-likeness (QED) is 0.754. The predicted molar refractivity (Wildman–Crippen MR) is 97.4 cm³/mol. The highest BCUT2D eigenvalue weighted by atomic mass is 16.5. The van der Waals surface area contributed by atoms with Gasteiger partial charge in [0.25, 0.3) is 5.91 Å². The summed E-state index contributed by atoms with van der Waals surface area (Å²) in [5, 5.41) is 2.96. The van der Waals surface area contributed by atoms with E-state index in [-0.39, 0.29) is 5.91 Å². The van der Waals surface area contributed by atoms with Gasteiger partial charge in [0.05, 0.1) is 31.2 Å². The first-order valence-electron chi connectivity index (χ1n) is 8.14. The summed E-state index contributed by atoms with van der Waals surface area (Å²) in [7, 11) is 1.59. The maximum absolute atomic E-state index is 12.8. The fourth-order valence-corrected chi connectivity index (χ4v) is 2.94. The number of nitrogens with zero attached hydrogens (tertiary/aromatic N) is 1. The van der Waals surface area contributed by atoms with Crippen LogP contribution in [-0.2, 0) is 6.54 Å². The molecule has 0 bridgehead atoms. The molecule has 0 aliphatic heterocycles. The summed E-state index contributed by atoms with van der Waals surface area (Å²) >= 11 is 0. The molecule has 25 heavy (non-hydrogen) atoms. The van der Waals surface area contributed by atoms with Crippen LogP contribution in [0.3, 0.4) is 0 Å². The Hall–Kier alpha value is -2.95. The second-order valence-corrected chi connectivity index (χ2v) is 6.11. The van der Waals surface area contributed by atoms with E-state index in [4.69, 9.17) is 9.15 Å². The van der Waals surface area contributed by atoms with Crippen LogP contribution in [-0.4, -0.2) is 17.6 Å². The van der Waals surface area contributed by atoms with Crippen LogP contribution in [0, 0.1) is 20.8 Å². The van der Waals surface area contributed by atoms with Crippen LogP contribution >= 0.6 is 0 Å². The minimum absolute atomic E-state index is 0.150. The van der Waals surface area contributed by atoms with E-state index < -0.39 is 0 Å². The number of amides is 1. The zero-order valence-electron chi connectivity index (χ0n) is 14.9. The fourth-order valence-electron chi connectivity index (χ4n) is 2.94. The van der Waals surface area contributed by atoms with Crippen molar-refractivity contribution in [3.8, 4) is 5.75 Å². The third-order valence-corrected chi connectivity index (χ3v) is 4.32. The zero-order valence-corrected chi connectivity index (χ0v) is 14.9. The number of methoxy groups -OCH3 is 1. The number of benzene rings is 1. The van der Waals surface area contributed by atoms with E-state index >= 15 is 0 Å². The number of rotatable bonds is 5. The normalized spacial score (nSPS) is 10.7. The molecule has 0 saturated heterocycles. The van der Waals surface area contributed by atoms with E-state index in [9.17, 15) is 4.79 Å². The minimum atomic E-state index is -0.150. The van der Waals surface area contributed by atoms with Gasteiger partial charge < -0.3 is 19.0 Å². The van der Waals surface area contributed by atoms with Crippen molar-refractivity contribution >= 4 is 11.6 Å². The van der Waals surface area contributed by atoms with Crippen molar-refractivity contribution in [3.05, 3.63) is 70.9 Å². The molecule has 0 spiro atoms. The third-order valence-electron chi connectivity index (χ3n) is 4.32. The summed E-state index contributed by atoms with van der Waals surface area (Å²) in [5.41, 5.74) is 4.28. The van der Waals surface area contributed by atoms with Crippen molar-refractivity contribution in [1.82, 2.24) is 4.57 Å². The molecule has 0 atom stereocenters. The second kappa shape index (κ2) is 6.89. The number of nitrogens with one attached hydrogen (secondary N) is 1. The van der Waals surface area contributed by atoms with Crippen molar-refractivity contribution < 1.29 is 13.9 Å². The Morgan fingerprint density at radius 3 is 2.68 bits per heavy atom. The lowest BCUT2D eigenvalue weighted by molar-refractivity contribution is 0.102. The molecule has 1 N–H and O–H groups in total. The monoisotopic (exact) mass is 338 g/mol. The predicted octanol–water partition coefficient (Wildman–Crippen LogP) is 4.32. The molecule has 0 fully saturated rings. The summed E-state index contributed by atoms with van der Waals surface area (Å²) in [6.07, 6.45) is 1.65. The summed E-state index contributed by atoms with van der Waals surface area (Å²) < 4.78 is 12.8. The molecule has 2 aromatic heterocycles. The van der Waals surface area contributed by atoms with Crippen LogP contribution in [0.1, 0.15) is 33.1 Å². The van der Waals surface area contributed by atoms with E-state index in [1.165, 1.54) is 0 Å². The smallest absolute Gasteiger partial charge is 0.257 e. The lowest BCUT2D eigenvalue weighted by atomic mass is 10.2. The van der Waals surface area contributed by atoms with Gasteiger partial charge in [-0.25, -0.2) is 0 Å². The molecular weight excluding hydrogens is 316 g/mol. The van der Waals surface area contributed by atoms with Crippen LogP contribution in [0.25, 0.3) is 0 Å². The Morgan fingerprint density at radius 1 is 1.20 bits per heavy atom. The molecule has 3 rings (SSSR count). The van der Waals surface area contributed by atoms with Crippen LogP contribution in [0.5, 0.6) is 5.75 Å². The van der Waals surface area contributed by atoms with E-state index in [2.05, 4.69) is 9.88 Å². The standard InChI is InChI=1S/C20H22N2O3/c1-13-7-8-19(24-4)18(10-13)21-20(23)17-11-14(2)22(15(17)3)12-16-6-5-9-25-16/h5-11H,12H2,1-4H3,(H,21,23). The summed E-state index contributed by atoms with van der Waals surface area (Å²) in [5.74, 6) is 1.35. The van der Waals surface area contributed by atoms with Crippen molar-refractivity contribution in [1.29, 1.82) is 0 Å². The van der Waals surface area contributed by atoms with Gasteiger partial charge in [-0.05, 0) is 56.7 Å². The number of furan rings is 1. The number of ether oxygens (including phenoxy) is 1. The topological polar surface area (TPSA) is 56.4 Å². The maximum Gasteiger partial charge on any atom is 0.257 e. The van der Waals surface area contributed by atoms with Gasteiger partial charge in [-0.2, -0.15) is 0 Å². The second-order valence-electron chi connectivity index (χ2n) is 6.11. The molecule has 5 heteroatoms. The highest BCUT2D eigenvalue weighted by Crippen LogP contribution is 2.26. The van der Waals surface area contributed by atoms with Gasteiger partial charge in [0, 0.05) is 11.4 Å². The molecule has 2 heterocycles. The SMILES string of the molecule is COc1ccc(C)cc1NC(=O)c1cc(C)n(Cc2ccco2)c1C. The molecule has 1 aromatic carbocycles. The Labute approximate surface area is 147 Å². The number of hydrogen-bond acceptors (Lipinski definition) is 3.